The molecule has 0 aromatic heterocycles. The molecule has 2 aromatic carbocycles. The average Bonchev–Trinajstić information content (AvgIpc) is 2.61. The molecule has 5 heteroatoms. The van der Waals surface area contributed by atoms with E-state index in [0.717, 1.165) is 17.7 Å². The maximum absolute atomic E-state index is 11.9. The second-order valence-corrected chi connectivity index (χ2v) is 8.24. The van der Waals surface area contributed by atoms with Crippen LogP contribution in [0.15, 0.2) is 59.1 Å². The molecule has 0 saturated carbocycles. The lowest BCUT2D eigenvalue weighted by molar-refractivity contribution is -0.128. The lowest BCUT2D eigenvalue weighted by Gasteiger charge is -2.16. The Balaban J connectivity index is 1.87. The summed E-state index contributed by atoms with van der Waals surface area (Å²) >= 11 is 11.1. The van der Waals surface area contributed by atoms with E-state index in [1.54, 1.807) is 6.08 Å². The minimum atomic E-state index is -0.387. The van der Waals surface area contributed by atoms with E-state index in [1.807, 2.05) is 69.3 Å². The third kappa shape index (κ3) is 7.66. The highest BCUT2D eigenvalue weighted by atomic mass is 35.5. The zero-order valence-corrected chi connectivity index (χ0v) is 17.3. The van der Waals surface area contributed by atoms with Gasteiger partial charge in [0.2, 0.25) is 0 Å². The lowest BCUT2D eigenvalue weighted by atomic mass is 9.91. The van der Waals surface area contributed by atoms with Gasteiger partial charge < -0.3 is 9.47 Å². The average molecular weight is 407 g/mol. The Kier molecular flexibility index (Phi) is 7.76. The predicted octanol–water partition coefficient (Wildman–Crippen LogP) is 5.97. The normalized spacial score (nSPS) is 11.0. The molecule has 144 valence electrons. The van der Waals surface area contributed by atoms with Gasteiger partial charge in [0.25, 0.3) is 0 Å². The largest absolute Gasteiger partial charge is 0.489 e. The van der Waals surface area contributed by atoms with Crippen molar-refractivity contribution in [3.05, 3.63) is 70.2 Å². The molecular weight excluding hydrogens is 383 g/mol. The maximum Gasteiger partial charge on any atom is 0.175 e. The van der Waals surface area contributed by atoms with Gasteiger partial charge in [-0.3, -0.25) is 4.79 Å². The van der Waals surface area contributed by atoms with E-state index in [1.165, 1.54) is 5.56 Å². The fraction of sp³-hybridized carbons (Fsp3) is 0.318. The van der Waals surface area contributed by atoms with E-state index in [2.05, 4.69) is 0 Å². The molecule has 0 N–H and O–H groups in total. The number of Topliss-reactive ketones (excluding diaryl/α,β-unsaturated/α-hetero) is 1. The van der Waals surface area contributed by atoms with Gasteiger partial charge in [-0.2, -0.15) is 0 Å². The van der Waals surface area contributed by atoms with E-state index < -0.39 is 0 Å². The number of hydrogen-bond acceptors (Lipinski definition) is 3. The molecule has 0 amide bonds. The second-order valence-electron chi connectivity index (χ2n) is 7.23. The molecule has 0 radical (unpaired) electrons. The van der Waals surface area contributed by atoms with Crippen molar-refractivity contribution < 1.29 is 14.3 Å². The van der Waals surface area contributed by atoms with Crippen LogP contribution in [-0.4, -0.2) is 19.0 Å². The van der Waals surface area contributed by atoms with Gasteiger partial charge in [0.1, 0.15) is 29.2 Å². The molecule has 0 aliphatic heterocycles. The van der Waals surface area contributed by atoms with Crippen molar-refractivity contribution in [1.82, 2.24) is 0 Å². The number of carbonyl (C=O) groups excluding carboxylic acids is 1. The SMILES string of the molecule is CC(C)(C)C(=O)COc1ccc(Cc2ccc(OCC=C(Cl)Cl)cc2)cc1. The molecule has 0 heterocycles. The van der Waals surface area contributed by atoms with E-state index in [9.17, 15) is 4.79 Å². The van der Waals surface area contributed by atoms with Gasteiger partial charge in [-0.25, -0.2) is 0 Å². The van der Waals surface area contributed by atoms with Crippen LogP contribution in [0.1, 0.15) is 31.9 Å². The molecule has 3 nitrogen and oxygen atoms in total. The topological polar surface area (TPSA) is 35.5 Å². The van der Waals surface area contributed by atoms with Crippen LogP contribution in [0.5, 0.6) is 11.5 Å². The van der Waals surface area contributed by atoms with Gasteiger partial charge in [0.05, 0.1) is 0 Å². The minimum Gasteiger partial charge on any atom is -0.489 e. The number of hydrogen-bond donors (Lipinski definition) is 0. The van der Waals surface area contributed by atoms with Gasteiger partial charge in [0.15, 0.2) is 5.78 Å². The number of benzene rings is 2. The zero-order valence-electron chi connectivity index (χ0n) is 15.8. The van der Waals surface area contributed by atoms with Crippen molar-refractivity contribution in [2.75, 3.05) is 13.2 Å². The predicted molar refractivity (Wildman–Crippen MR) is 111 cm³/mol. The standard InChI is InChI=1S/C22H24Cl2O3/c1-22(2,3)20(25)15-27-19-10-6-17(7-11-19)14-16-4-8-18(9-5-16)26-13-12-21(23)24/h4-12H,13-15H2,1-3H3. The Morgan fingerprint density at radius 3 is 1.81 bits per heavy atom. The van der Waals surface area contributed by atoms with Crippen LogP contribution < -0.4 is 9.47 Å². The second kappa shape index (κ2) is 9.82. The van der Waals surface area contributed by atoms with Crippen LogP contribution in [0, 0.1) is 5.41 Å². The van der Waals surface area contributed by atoms with Gasteiger partial charge in [-0.05, 0) is 47.9 Å². The first-order chi connectivity index (χ1) is 12.7. The van der Waals surface area contributed by atoms with E-state index in [4.69, 9.17) is 32.7 Å². The Morgan fingerprint density at radius 1 is 0.889 bits per heavy atom. The third-order valence-electron chi connectivity index (χ3n) is 3.95. The summed E-state index contributed by atoms with van der Waals surface area (Å²) in [6, 6.07) is 15.7. The first-order valence-corrected chi connectivity index (χ1v) is 9.47. The number of halogens is 2. The van der Waals surface area contributed by atoms with Crippen LogP contribution >= 0.6 is 23.2 Å². The summed E-state index contributed by atoms with van der Waals surface area (Å²) < 4.78 is 11.3. The van der Waals surface area contributed by atoms with Crippen LogP contribution in [0.2, 0.25) is 0 Å². The highest BCUT2D eigenvalue weighted by Crippen LogP contribution is 2.20. The monoisotopic (exact) mass is 406 g/mol. The van der Waals surface area contributed by atoms with Gasteiger partial charge in [0, 0.05) is 5.41 Å². The van der Waals surface area contributed by atoms with Crippen LogP contribution in [0.4, 0.5) is 0 Å². The van der Waals surface area contributed by atoms with Gasteiger partial charge in [-0.15, -0.1) is 0 Å². The van der Waals surface area contributed by atoms with Crippen molar-refractivity contribution in [3.63, 3.8) is 0 Å². The molecule has 0 aliphatic rings. The summed E-state index contributed by atoms with van der Waals surface area (Å²) in [6.45, 7) is 6.10. The Labute approximate surface area is 170 Å². The number of rotatable bonds is 8. The summed E-state index contributed by atoms with van der Waals surface area (Å²) in [5.41, 5.74) is 1.95. The van der Waals surface area contributed by atoms with Gasteiger partial charge >= 0.3 is 0 Å². The van der Waals surface area contributed by atoms with Crippen molar-refractivity contribution in [3.8, 4) is 11.5 Å². The fourth-order valence-electron chi connectivity index (χ4n) is 2.21. The van der Waals surface area contributed by atoms with E-state index in [0.29, 0.717) is 12.4 Å². The van der Waals surface area contributed by atoms with Crippen LogP contribution in [0.3, 0.4) is 0 Å². The van der Waals surface area contributed by atoms with E-state index in [-0.39, 0.29) is 22.3 Å². The van der Waals surface area contributed by atoms with E-state index >= 15 is 0 Å². The number of ketones is 1. The van der Waals surface area contributed by atoms with Crippen LogP contribution in [-0.2, 0) is 11.2 Å². The number of carbonyl (C=O) groups is 1. The first kappa shape index (κ1) is 21.3. The molecule has 0 bridgehead atoms. The van der Waals surface area contributed by atoms with Gasteiger partial charge in [-0.1, -0.05) is 68.2 Å². The lowest BCUT2D eigenvalue weighted by Crippen LogP contribution is -2.26. The highest BCUT2D eigenvalue weighted by Gasteiger charge is 2.21. The molecular formula is C22H24Cl2O3. The Hall–Kier alpha value is -1.97. The van der Waals surface area contributed by atoms with Crippen molar-refractivity contribution in [1.29, 1.82) is 0 Å². The zero-order chi connectivity index (χ0) is 19.9. The third-order valence-corrected chi connectivity index (χ3v) is 4.26. The van der Waals surface area contributed by atoms with Crippen LogP contribution in [0.25, 0.3) is 0 Å². The summed E-state index contributed by atoms with van der Waals surface area (Å²) in [5, 5.41) is 0. The number of ether oxygens (including phenoxy) is 2. The molecule has 0 atom stereocenters. The Morgan fingerprint density at radius 2 is 1.37 bits per heavy atom. The quantitative estimate of drug-likeness (QED) is 0.541. The molecule has 0 unspecified atom stereocenters. The Bertz CT molecular complexity index is 769. The summed E-state index contributed by atoms with van der Waals surface area (Å²) in [4.78, 5) is 11.9. The molecule has 0 aliphatic carbocycles. The minimum absolute atomic E-state index is 0.0812. The molecule has 2 rings (SSSR count). The summed E-state index contributed by atoms with van der Waals surface area (Å²) in [7, 11) is 0. The molecule has 0 spiro atoms. The molecule has 2 aromatic rings. The van der Waals surface area contributed by atoms with Crippen molar-refractivity contribution in [2.45, 2.75) is 27.2 Å². The highest BCUT2D eigenvalue weighted by molar-refractivity contribution is 6.55. The summed E-state index contributed by atoms with van der Waals surface area (Å²) in [5.74, 6) is 1.54. The summed E-state index contributed by atoms with van der Waals surface area (Å²) in [6.07, 6.45) is 2.39. The molecule has 0 saturated heterocycles. The molecule has 27 heavy (non-hydrogen) atoms. The van der Waals surface area contributed by atoms with Crippen molar-refractivity contribution in [2.24, 2.45) is 5.41 Å². The maximum atomic E-state index is 11.9. The smallest absolute Gasteiger partial charge is 0.175 e. The molecule has 0 fully saturated rings. The first-order valence-electron chi connectivity index (χ1n) is 8.72. The van der Waals surface area contributed by atoms with Crippen molar-refractivity contribution >= 4 is 29.0 Å². The fourth-order valence-corrected chi connectivity index (χ4v) is 2.34.